The van der Waals surface area contributed by atoms with Gasteiger partial charge in [-0.15, -0.1) is 0 Å². The summed E-state index contributed by atoms with van der Waals surface area (Å²) in [6.45, 7) is 1.43. The number of H-pyrrole nitrogens is 1. The molecule has 0 unspecified atom stereocenters. The third-order valence-corrected chi connectivity index (χ3v) is 4.94. The Hall–Kier alpha value is -4.39. The minimum atomic E-state index is -0.352. The Bertz CT molecular complexity index is 1290. The first kappa shape index (κ1) is 20.9. The maximum Gasteiger partial charge on any atom is 0.271 e. The normalized spacial score (nSPS) is 10.9. The molecule has 1 heterocycles. The molecule has 0 fully saturated rings. The molecule has 0 aliphatic rings. The quantitative estimate of drug-likeness (QED) is 0.311. The van der Waals surface area contributed by atoms with Crippen LogP contribution in [0.15, 0.2) is 77.9 Å². The van der Waals surface area contributed by atoms with Gasteiger partial charge in [-0.25, -0.2) is 5.43 Å². The Kier molecular flexibility index (Phi) is 5.98. The molecule has 0 saturated carbocycles. The lowest BCUT2D eigenvalue weighted by atomic mass is 10.1. The molecule has 7 heteroatoms. The third-order valence-electron chi connectivity index (χ3n) is 4.94. The first-order valence-electron chi connectivity index (χ1n) is 10.0. The summed E-state index contributed by atoms with van der Waals surface area (Å²) >= 11 is 0. The highest BCUT2D eigenvalue weighted by Gasteiger charge is 2.13. The van der Waals surface area contributed by atoms with Crippen molar-refractivity contribution in [3.05, 3.63) is 83.9 Å². The molecule has 0 radical (unpaired) electrons. The van der Waals surface area contributed by atoms with Gasteiger partial charge in [0.05, 0.1) is 19.0 Å². The number of methoxy groups -OCH3 is 1. The fraction of sp³-hybridized carbons (Fsp3) is 0.0800. The predicted molar refractivity (Wildman–Crippen MR) is 126 cm³/mol. The van der Waals surface area contributed by atoms with Crippen molar-refractivity contribution in [1.29, 1.82) is 0 Å². The van der Waals surface area contributed by atoms with E-state index in [9.17, 15) is 9.59 Å². The molecule has 160 valence electrons. The number of fused-ring (bicyclic) bond motifs is 1. The van der Waals surface area contributed by atoms with E-state index in [1.807, 2.05) is 48.5 Å². The number of amides is 2. The van der Waals surface area contributed by atoms with Crippen LogP contribution in [0.5, 0.6) is 5.75 Å². The molecule has 0 aliphatic carbocycles. The van der Waals surface area contributed by atoms with Gasteiger partial charge in [-0.3, -0.25) is 9.59 Å². The highest BCUT2D eigenvalue weighted by atomic mass is 16.5. The topological polar surface area (TPSA) is 95.6 Å². The van der Waals surface area contributed by atoms with Crippen molar-refractivity contribution < 1.29 is 14.3 Å². The zero-order valence-corrected chi connectivity index (χ0v) is 17.7. The molecular weight excluding hydrogens is 404 g/mol. The van der Waals surface area contributed by atoms with Crippen LogP contribution < -0.4 is 15.5 Å². The Morgan fingerprint density at radius 1 is 1.00 bits per heavy atom. The number of hydrogen-bond donors (Lipinski definition) is 3. The molecule has 7 nitrogen and oxygen atoms in total. The van der Waals surface area contributed by atoms with Crippen molar-refractivity contribution in [2.24, 2.45) is 5.10 Å². The van der Waals surface area contributed by atoms with Crippen LogP contribution in [-0.4, -0.2) is 30.1 Å². The van der Waals surface area contributed by atoms with E-state index in [-0.39, 0.29) is 11.8 Å². The molecule has 3 aromatic carbocycles. The van der Waals surface area contributed by atoms with E-state index in [0.717, 1.165) is 33.5 Å². The average molecular weight is 426 g/mol. The van der Waals surface area contributed by atoms with Crippen LogP contribution in [0, 0.1) is 0 Å². The molecule has 0 saturated heterocycles. The van der Waals surface area contributed by atoms with Crippen molar-refractivity contribution in [2.45, 2.75) is 6.92 Å². The van der Waals surface area contributed by atoms with Crippen LogP contribution in [0.3, 0.4) is 0 Å². The number of benzene rings is 3. The van der Waals surface area contributed by atoms with Gasteiger partial charge in [-0.1, -0.05) is 30.3 Å². The van der Waals surface area contributed by atoms with E-state index in [2.05, 4.69) is 20.8 Å². The summed E-state index contributed by atoms with van der Waals surface area (Å²) in [5, 5.41) is 7.80. The molecule has 0 aliphatic heterocycles. The van der Waals surface area contributed by atoms with Gasteiger partial charge >= 0.3 is 0 Å². The first-order valence-corrected chi connectivity index (χ1v) is 10.0. The van der Waals surface area contributed by atoms with Gasteiger partial charge < -0.3 is 15.0 Å². The smallest absolute Gasteiger partial charge is 0.271 e. The van der Waals surface area contributed by atoms with Crippen molar-refractivity contribution in [3.63, 3.8) is 0 Å². The van der Waals surface area contributed by atoms with E-state index in [0.29, 0.717) is 11.3 Å². The second-order valence-electron chi connectivity index (χ2n) is 7.15. The summed E-state index contributed by atoms with van der Waals surface area (Å²) in [5.41, 5.74) is 7.30. The van der Waals surface area contributed by atoms with Gasteiger partial charge in [0.2, 0.25) is 5.91 Å². The SMILES string of the molecule is COc1ccc2[nH]c(-c3ccccc3)c(/C=N/NC(=O)c3ccc(NC(C)=O)cc3)c2c1. The van der Waals surface area contributed by atoms with Gasteiger partial charge in [-0.05, 0) is 48.0 Å². The van der Waals surface area contributed by atoms with Crippen molar-refractivity contribution in [2.75, 3.05) is 12.4 Å². The highest BCUT2D eigenvalue weighted by Crippen LogP contribution is 2.31. The van der Waals surface area contributed by atoms with E-state index in [4.69, 9.17) is 4.74 Å². The number of aromatic amines is 1. The van der Waals surface area contributed by atoms with E-state index >= 15 is 0 Å². The summed E-state index contributed by atoms with van der Waals surface area (Å²) in [6, 6.07) is 22.3. The zero-order valence-electron chi connectivity index (χ0n) is 17.7. The van der Waals surface area contributed by atoms with Crippen molar-refractivity contribution >= 4 is 34.6 Å². The number of nitrogens with zero attached hydrogens (tertiary/aromatic N) is 1. The number of hydrogen-bond acceptors (Lipinski definition) is 4. The second kappa shape index (κ2) is 9.18. The minimum absolute atomic E-state index is 0.170. The number of hydrazone groups is 1. The first-order chi connectivity index (χ1) is 15.5. The van der Waals surface area contributed by atoms with Gasteiger partial charge in [0, 0.05) is 34.6 Å². The summed E-state index contributed by atoms with van der Waals surface area (Å²) in [5.74, 6) is 0.208. The fourth-order valence-electron chi connectivity index (χ4n) is 3.41. The number of aromatic nitrogens is 1. The number of rotatable bonds is 6. The average Bonchev–Trinajstić information content (AvgIpc) is 3.17. The molecule has 32 heavy (non-hydrogen) atoms. The number of carbonyl (C=O) groups excluding carboxylic acids is 2. The van der Waals surface area contributed by atoms with Crippen LogP contribution in [0.4, 0.5) is 5.69 Å². The lowest BCUT2D eigenvalue weighted by molar-refractivity contribution is -0.114. The van der Waals surface area contributed by atoms with Gasteiger partial charge in [0.1, 0.15) is 5.75 Å². The molecule has 0 spiro atoms. The number of anilines is 1. The molecule has 4 aromatic rings. The highest BCUT2D eigenvalue weighted by molar-refractivity contribution is 6.06. The summed E-state index contributed by atoms with van der Waals surface area (Å²) < 4.78 is 5.37. The summed E-state index contributed by atoms with van der Waals surface area (Å²) in [6.07, 6.45) is 1.63. The van der Waals surface area contributed by atoms with Crippen LogP contribution in [-0.2, 0) is 4.79 Å². The van der Waals surface area contributed by atoms with Crippen LogP contribution in [0.1, 0.15) is 22.8 Å². The molecule has 3 N–H and O–H groups in total. The van der Waals surface area contributed by atoms with Gasteiger partial charge in [-0.2, -0.15) is 5.10 Å². The van der Waals surface area contributed by atoms with Crippen LogP contribution >= 0.6 is 0 Å². The van der Waals surface area contributed by atoms with Crippen LogP contribution in [0.25, 0.3) is 22.2 Å². The lowest BCUT2D eigenvalue weighted by Crippen LogP contribution is -2.17. The fourth-order valence-corrected chi connectivity index (χ4v) is 3.41. The predicted octanol–water partition coefficient (Wildman–Crippen LogP) is 4.57. The van der Waals surface area contributed by atoms with Crippen LogP contribution in [0.2, 0.25) is 0 Å². The number of ether oxygens (including phenoxy) is 1. The minimum Gasteiger partial charge on any atom is -0.497 e. The third kappa shape index (κ3) is 4.52. The van der Waals surface area contributed by atoms with E-state index in [1.165, 1.54) is 6.92 Å². The Balaban J connectivity index is 1.61. The van der Waals surface area contributed by atoms with Gasteiger partial charge in [0.25, 0.3) is 5.91 Å². The van der Waals surface area contributed by atoms with Crippen molar-refractivity contribution in [3.8, 4) is 17.0 Å². The summed E-state index contributed by atoms with van der Waals surface area (Å²) in [7, 11) is 1.62. The maximum atomic E-state index is 12.5. The molecular formula is C25H22N4O3. The Morgan fingerprint density at radius 3 is 2.44 bits per heavy atom. The molecule has 1 aromatic heterocycles. The van der Waals surface area contributed by atoms with E-state index < -0.39 is 0 Å². The second-order valence-corrected chi connectivity index (χ2v) is 7.15. The largest absolute Gasteiger partial charge is 0.497 e. The maximum absolute atomic E-state index is 12.5. The molecule has 0 bridgehead atoms. The Labute approximate surface area is 185 Å². The molecule has 2 amide bonds. The van der Waals surface area contributed by atoms with Gasteiger partial charge in [0.15, 0.2) is 0 Å². The lowest BCUT2D eigenvalue weighted by Gasteiger charge is -2.04. The number of carbonyl (C=O) groups is 2. The molecule has 0 atom stereocenters. The zero-order chi connectivity index (χ0) is 22.5. The standard InChI is InChI=1S/C25H22N4O3/c1-16(30)27-19-10-8-18(9-11-19)25(31)29-26-15-22-21-14-20(32-2)12-13-23(21)28-24(22)17-6-4-3-5-7-17/h3-15,28H,1-2H3,(H,27,30)(H,29,31)/b26-15+. The summed E-state index contributed by atoms with van der Waals surface area (Å²) in [4.78, 5) is 27.0. The molecule has 4 rings (SSSR count). The number of nitrogens with one attached hydrogen (secondary N) is 3. The Morgan fingerprint density at radius 2 is 1.75 bits per heavy atom. The monoisotopic (exact) mass is 426 g/mol. The van der Waals surface area contributed by atoms with E-state index in [1.54, 1.807) is 37.6 Å². The van der Waals surface area contributed by atoms with Crippen molar-refractivity contribution in [1.82, 2.24) is 10.4 Å².